The minimum absolute atomic E-state index is 0.0270. The maximum Gasteiger partial charge on any atom is 0.306 e. The number of hydrogen-bond acceptors (Lipinski definition) is 7. The number of quaternary nitrogens is 1. The first kappa shape index (κ1) is 55.0. The Morgan fingerprint density at radius 2 is 0.982 bits per heavy atom. The molecule has 0 aliphatic rings. The molecule has 0 spiro atoms. The van der Waals surface area contributed by atoms with Gasteiger partial charge in [0.05, 0.1) is 34.4 Å². The number of nitrogens with zero attached hydrogens (tertiary/aromatic N) is 1. The molecule has 2 unspecified atom stereocenters. The molecule has 0 amide bonds. The molecule has 0 heterocycles. The first-order chi connectivity index (χ1) is 27.1. The molecule has 332 valence electrons. The third-order valence-corrected chi connectivity index (χ3v) is 11.2. The molecule has 2 atom stereocenters. The fourth-order valence-electron chi connectivity index (χ4n) is 6.58. The summed E-state index contributed by atoms with van der Waals surface area (Å²) >= 11 is 0. The molecule has 0 radical (unpaired) electrons. The molecule has 8 nitrogen and oxygen atoms in total. The van der Waals surface area contributed by atoms with Gasteiger partial charge in [0.2, 0.25) is 0 Å². The molecule has 0 aromatic heterocycles. The largest absolute Gasteiger partial charge is 0.756 e. The van der Waals surface area contributed by atoms with Crippen molar-refractivity contribution in [1.82, 2.24) is 0 Å². The van der Waals surface area contributed by atoms with Crippen LogP contribution in [0, 0.1) is 0 Å². The predicted octanol–water partition coefficient (Wildman–Crippen LogP) is 13.4. The van der Waals surface area contributed by atoms with Crippen LogP contribution in [0.1, 0.15) is 213 Å². The monoisotopic (exact) mass is 814 g/mol. The summed E-state index contributed by atoms with van der Waals surface area (Å²) in [6, 6.07) is 0. The summed E-state index contributed by atoms with van der Waals surface area (Å²) in [5, 5.41) is 0. The van der Waals surface area contributed by atoms with Gasteiger partial charge in [-0.25, -0.2) is 0 Å². The van der Waals surface area contributed by atoms with Crippen LogP contribution in [0.25, 0.3) is 0 Å². The third kappa shape index (κ3) is 44.1. The minimum Gasteiger partial charge on any atom is -0.756 e. The van der Waals surface area contributed by atoms with Gasteiger partial charge in [-0.2, -0.15) is 0 Å². The topological polar surface area (TPSA) is 94.1 Å². The normalized spacial score (nSPS) is 13.9. The van der Waals surface area contributed by atoms with Gasteiger partial charge in [0, 0.05) is 13.0 Å². The number of unbranched alkanes of at least 4 members (excludes halogenated alkanes) is 26. The molecule has 0 aromatic carbocycles. The van der Waals surface area contributed by atoms with E-state index >= 15 is 0 Å². The zero-order valence-electron chi connectivity index (χ0n) is 37.6. The number of allylic oxidation sites excluding steroid dienone is 4. The van der Waals surface area contributed by atoms with Gasteiger partial charge in [-0.15, -0.1) is 0 Å². The maximum atomic E-state index is 12.7. The first-order valence-corrected chi connectivity index (χ1v) is 25.0. The number of esters is 1. The van der Waals surface area contributed by atoms with E-state index in [2.05, 4.69) is 38.2 Å². The highest BCUT2D eigenvalue weighted by molar-refractivity contribution is 7.45. The molecule has 0 N–H and O–H groups in total. The summed E-state index contributed by atoms with van der Waals surface area (Å²) in [5.74, 6) is -0.333. The van der Waals surface area contributed by atoms with Gasteiger partial charge >= 0.3 is 5.97 Å². The third-order valence-electron chi connectivity index (χ3n) is 10.3. The van der Waals surface area contributed by atoms with Crippen LogP contribution in [0.2, 0.25) is 0 Å². The molecule has 0 saturated heterocycles. The van der Waals surface area contributed by atoms with E-state index in [0.717, 1.165) is 38.5 Å². The van der Waals surface area contributed by atoms with E-state index in [1.807, 2.05) is 21.1 Å². The quantitative estimate of drug-likeness (QED) is 0.0199. The standard InChI is InChI=1S/C47H92NO7P/c1-6-8-10-12-14-16-18-20-22-23-24-25-27-29-31-33-35-37-39-42-52-44-46(45-54-56(50,51)53-43-41-48(3,4)5)55-47(49)40-38-36-34-32-30-28-26-21-19-17-15-13-11-9-7-2/h16,18,22-23,46H,6-15,17,19-21,24-45H2,1-5H3/b18-16-,23-22-. The summed E-state index contributed by atoms with van der Waals surface area (Å²) < 4.78 is 34.7. The Kier molecular flexibility index (Phi) is 40.0. The number of rotatable bonds is 44. The maximum absolute atomic E-state index is 12.7. The molecule has 0 aliphatic heterocycles. The Balaban J connectivity index is 4.18. The Morgan fingerprint density at radius 3 is 1.46 bits per heavy atom. The molecule has 0 bridgehead atoms. The molecular formula is C47H92NO7P. The van der Waals surface area contributed by atoms with E-state index in [1.165, 1.54) is 154 Å². The van der Waals surface area contributed by atoms with Crippen LogP contribution >= 0.6 is 7.82 Å². The smallest absolute Gasteiger partial charge is 0.306 e. The van der Waals surface area contributed by atoms with E-state index in [9.17, 15) is 14.3 Å². The number of ether oxygens (including phenoxy) is 2. The number of carbonyl (C=O) groups excluding carboxylic acids is 1. The van der Waals surface area contributed by atoms with E-state index < -0.39 is 13.9 Å². The number of phosphoric acid groups is 1. The first-order valence-electron chi connectivity index (χ1n) is 23.6. The molecule has 56 heavy (non-hydrogen) atoms. The van der Waals surface area contributed by atoms with Gasteiger partial charge in [0.25, 0.3) is 7.82 Å². The van der Waals surface area contributed by atoms with E-state index in [4.69, 9.17) is 18.5 Å². The number of hydrogen-bond donors (Lipinski definition) is 0. The van der Waals surface area contributed by atoms with Gasteiger partial charge in [-0.05, 0) is 44.9 Å². The highest BCUT2D eigenvalue weighted by Crippen LogP contribution is 2.38. The zero-order valence-corrected chi connectivity index (χ0v) is 38.5. The van der Waals surface area contributed by atoms with Crippen molar-refractivity contribution in [3.8, 4) is 0 Å². The summed E-state index contributed by atoms with van der Waals surface area (Å²) in [5.41, 5.74) is 0. The molecule has 9 heteroatoms. The fraction of sp³-hybridized carbons (Fsp3) is 0.894. The van der Waals surface area contributed by atoms with Crippen molar-refractivity contribution >= 4 is 13.8 Å². The Labute approximate surface area is 347 Å². The van der Waals surface area contributed by atoms with E-state index in [-0.39, 0.29) is 25.8 Å². The highest BCUT2D eigenvalue weighted by atomic mass is 31.2. The second-order valence-electron chi connectivity index (χ2n) is 17.1. The molecule has 0 fully saturated rings. The molecule has 0 aromatic rings. The van der Waals surface area contributed by atoms with Crippen molar-refractivity contribution in [2.75, 3.05) is 54.1 Å². The van der Waals surface area contributed by atoms with Crippen LogP contribution < -0.4 is 4.89 Å². The Hall–Kier alpha value is -1.02. The van der Waals surface area contributed by atoms with Gasteiger partial charge < -0.3 is 27.9 Å². The Bertz CT molecular complexity index is 951. The molecule has 0 aliphatic carbocycles. The number of likely N-dealkylation sites (N-methyl/N-ethyl adjacent to an activating group) is 1. The lowest BCUT2D eigenvalue weighted by molar-refractivity contribution is -0.870. The van der Waals surface area contributed by atoms with E-state index in [0.29, 0.717) is 24.1 Å². The van der Waals surface area contributed by atoms with E-state index in [1.54, 1.807) is 0 Å². The number of phosphoric ester groups is 1. The van der Waals surface area contributed by atoms with Crippen LogP contribution in [-0.4, -0.2) is 70.7 Å². The van der Waals surface area contributed by atoms with Crippen LogP contribution in [0.15, 0.2) is 24.3 Å². The van der Waals surface area contributed by atoms with Crippen molar-refractivity contribution < 1.29 is 37.3 Å². The van der Waals surface area contributed by atoms with Gasteiger partial charge in [0.15, 0.2) is 0 Å². The average Bonchev–Trinajstić information content (AvgIpc) is 3.15. The lowest BCUT2D eigenvalue weighted by Crippen LogP contribution is -2.37. The molecule has 0 saturated carbocycles. The molecular weight excluding hydrogens is 721 g/mol. The van der Waals surface area contributed by atoms with Crippen molar-refractivity contribution in [1.29, 1.82) is 0 Å². The van der Waals surface area contributed by atoms with Gasteiger partial charge in [0.1, 0.15) is 19.3 Å². The van der Waals surface area contributed by atoms with Crippen LogP contribution in [-0.2, 0) is 27.9 Å². The van der Waals surface area contributed by atoms with Crippen molar-refractivity contribution in [3.63, 3.8) is 0 Å². The lowest BCUT2D eigenvalue weighted by atomic mass is 10.0. The fourth-order valence-corrected chi connectivity index (χ4v) is 7.31. The second kappa shape index (κ2) is 40.7. The predicted molar refractivity (Wildman–Crippen MR) is 236 cm³/mol. The highest BCUT2D eigenvalue weighted by Gasteiger charge is 2.20. The minimum atomic E-state index is -4.52. The van der Waals surface area contributed by atoms with Gasteiger partial charge in [-0.1, -0.05) is 186 Å². The Morgan fingerprint density at radius 1 is 0.554 bits per heavy atom. The zero-order chi connectivity index (χ0) is 41.3. The second-order valence-corrected chi connectivity index (χ2v) is 18.5. The summed E-state index contributed by atoms with van der Waals surface area (Å²) in [6.45, 7) is 5.42. The SMILES string of the molecule is CCCCCC/C=C\C/C=C\CCCCCCCCCCOCC(COP(=O)([O-])OCC[N+](C)(C)C)OC(=O)CCCCCCCCCCCCCCCCC. The van der Waals surface area contributed by atoms with Crippen LogP contribution in [0.4, 0.5) is 0 Å². The summed E-state index contributed by atoms with van der Waals surface area (Å²) in [4.78, 5) is 25.1. The average molecular weight is 814 g/mol. The molecule has 0 rings (SSSR count). The summed E-state index contributed by atoms with van der Waals surface area (Å²) in [7, 11) is 1.36. The van der Waals surface area contributed by atoms with Crippen LogP contribution in [0.3, 0.4) is 0 Å². The van der Waals surface area contributed by atoms with Gasteiger partial charge in [-0.3, -0.25) is 9.36 Å². The summed E-state index contributed by atoms with van der Waals surface area (Å²) in [6.07, 6.45) is 46.1. The lowest BCUT2D eigenvalue weighted by Gasteiger charge is -2.28. The number of carbonyl (C=O) groups is 1. The van der Waals surface area contributed by atoms with Crippen LogP contribution in [0.5, 0.6) is 0 Å². The van der Waals surface area contributed by atoms with Crippen molar-refractivity contribution in [2.24, 2.45) is 0 Å². The van der Waals surface area contributed by atoms with Crippen molar-refractivity contribution in [3.05, 3.63) is 24.3 Å². The van der Waals surface area contributed by atoms with Crippen molar-refractivity contribution in [2.45, 2.75) is 219 Å².